The third kappa shape index (κ3) is 3.75. The summed E-state index contributed by atoms with van der Waals surface area (Å²) >= 11 is 3.58. The van der Waals surface area contributed by atoms with E-state index in [4.69, 9.17) is 4.74 Å². The van der Waals surface area contributed by atoms with Crippen LogP contribution in [0.5, 0.6) is 0 Å². The first-order valence-corrected chi connectivity index (χ1v) is 9.36. The number of nitrogens with one attached hydrogen (secondary N) is 2. The van der Waals surface area contributed by atoms with E-state index < -0.39 is 0 Å². The minimum absolute atomic E-state index is 0. The molecule has 6 heteroatoms. The summed E-state index contributed by atoms with van der Waals surface area (Å²) in [5, 5.41) is 7.11. The first-order chi connectivity index (χ1) is 11.2. The van der Waals surface area contributed by atoms with Gasteiger partial charge in [0, 0.05) is 23.5 Å². The number of hydrogen-bond donors (Lipinski definition) is 2. The number of halogens is 2. The number of rotatable bonds is 4. The van der Waals surface area contributed by atoms with E-state index in [0.717, 1.165) is 23.4 Å². The van der Waals surface area contributed by atoms with E-state index in [1.54, 1.807) is 0 Å². The normalized spacial score (nSPS) is 29.9. The number of aliphatic imine (C=N–C) groups is 1. The average molecular weight is 506 g/mol. The lowest BCUT2D eigenvalue weighted by Gasteiger charge is -2.24. The van der Waals surface area contributed by atoms with Gasteiger partial charge in [-0.1, -0.05) is 28.1 Å². The van der Waals surface area contributed by atoms with Gasteiger partial charge in [-0.15, -0.1) is 24.0 Å². The van der Waals surface area contributed by atoms with Crippen LogP contribution in [-0.4, -0.2) is 37.8 Å². The van der Waals surface area contributed by atoms with E-state index >= 15 is 0 Å². The molecule has 2 bridgehead atoms. The molecule has 2 N–H and O–H groups in total. The molecule has 3 fully saturated rings. The van der Waals surface area contributed by atoms with Crippen LogP contribution in [0.15, 0.2) is 33.7 Å². The van der Waals surface area contributed by atoms with Crippen LogP contribution in [0.25, 0.3) is 0 Å². The largest absolute Gasteiger partial charge is 0.373 e. The van der Waals surface area contributed by atoms with Gasteiger partial charge in [-0.2, -0.15) is 0 Å². The van der Waals surface area contributed by atoms with Crippen molar-refractivity contribution >= 4 is 45.9 Å². The molecule has 2 heterocycles. The number of fused-ring (bicyclic) bond motifs is 2. The lowest BCUT2D eigenvalue weighted by Crippen LogP contribution is -2.49. The van der Waals surface area contributed by atoms with Crippen molar-refractivity contribution in [3.05, 3.63) is 34.3 Å². The zero-order valence-corrected chi connectivity index (χ0v) is 17.8. The zero-order valence-electron chi connectivity index (χ0n) is 13.9. The van der Waals surface area contributed by atoms with Gasteiger partial charge in [0.15, 0.2) is 5.96 Å². The molecule has 4 rings (SSSR count). The Morgan fingerprint density at radius 3 is 2.79 bits per heavy atom. The van der Waals surface area contributed by atoms with Crippen molar-refractivity contribution in [3.8, 4) is 0 Å². The highest BCUT2D eigenvalue weighted by Gasteiger charge is 2.45. The van der Waals surface area contributed by atoms with Gasteiger partial charge in [-0.3, -0.25) is 4.99 Å². The summed E-state index contributed by atoms with van der Waals surface area (Å²) in [6.07, 6.45) is 6.84. The Kier molecular flexibility index (Phi) is 5.76. The first kappa shape index (κ1) is 18.5. The summed E-state index contributed by atoms with van der Waals surface area (Å²) in [4.78, 5) is 4.41. The van der Waals surface area contributed by atoms with Crippen LogP contribution in [0.2, 0.25) is 0 Å². The summed E-state index contributed by atoms with van der Waals surface area (Å²) in [7, 11) is 1.85. The molecule has 2 aliphatic heterocycles. The van der Waals surface area contributed by atoms with Crippen molar-refractivity contribution in [2.24, 2.45) is 4.99 Å². The summed E-state index contributed by atoms with van der Waals surface area (Å²) in [5.74, 6) is 0.910. The van der Waals surface area contributed by atoms with Crippen LogP contribution >= 0.6 is 39.9 Å². The van der Waals surface area contributed by atoms with Crippen molar-refractivity contribution in [3.63, 3.8) is 0 Å². The van der Waals surface area contributed by atoms with Crippen LogP contribution < -0.4 is 10.6 Å². The molecule has 3 aliphatic rings. The highest BCUT2D eigenvalue weighted by Crippen LogP contribution is 2.48. The molecule has 132 valence electrons. The summed E-state index contributed by atoms with van der Waals surface area (Å²) in [6.45, 7) is 0.935. The Morgan fingerprint density at radius 2 is 2.21 bits per heavy atom. The molecule has 1 aromatic carbocycles. The minimum Gasteiger partial charge on any atom is -0.373 e. The smallest absolute Gasteiger partial charge is 0.191 e. The van der Waals surface area contributed by atoms with Gasteiger partial charge in [-0.05, 0) is 49.8 Å². The summed E-state index contributed by atoms with van der Waals surface area (Å²) in [6, 6.07) is 9.11. The van der Waals surface area contributed by atoms with E-state index in [1.807, 2.05) is 7.05 Å². The third-order valence-electron chi connectivity index (χ3n) is 5.54. The van der Waals surface area contributed by atoms with Crippen molar-refractivity contribution in [2.75, 3.05) is 13.6 Å². The van der Waals surface area contributed by atoms with Gasteiger partial charge in [0.25, 0.3) is 0 Å². The highest BCUT2D eigenvalue weighted by molar-refractivity contribution is 14.0. The molecule has 1 aromatic rings. The molecule has 0 radical (unpaired) electrons. The van der Waals surface area contributed by atoms with Crippen LogP contribution in [0.4, 0.5) is 0 Å². The second-order valence-electron chi connectivity index (χ2n) is 7.08. The maximum absolute atomic E-state index is 5.92. The maximum atomic E-state index is 5.92. The van der Waals surface area contributed by atoms with Crippen molar-refractivity contribution < 1.29 is 4.74 Å². The fraction of sp³-hybridized carbons (Fsp3) is 0.611. The molecule has 1 aliphatic carbocycles. The first-order valence-electron chi connectivity index (χ1n) is 8.57. The monoisotopic (exact) mass is 505 g/mol. The van der Waals surface area contributed by atoms with Crippen LogP contribution in [0, 0.1) is 0 Å². The lowest BCUT2D eigenvalue weighted by atomic mass is 9.95. The van der Waals surface area contributed by atoms with Gasteiger partial charge in [0.1, 0.15) is 0 Å². The predicted molar refractivity (Wildman–Crippen MR) is 111 cm³/mol. The molecule has 0 amide bonds. The van der Waals surface area contributed by atoms with Gasteiger partial charge in [-0.25, -0.2) is 0 Å². The molecule has 3 unspecified atom stereocenters. The Labute approximate surface area is 169 Å². The topological polar surface area (TPSA) is 45.7 Å². The number of nitrogens with zero attached hydrogens (tertiary/aromatic N) is 1. The molecular formula is C18H25BrIN3O. The van der Waals surface area contributed by atoms with E-state index in [2.05, 4.69) is 55.8 Å². The fourth-order valence-corrected chi connectivity index (χ4v) is 4.35. The number of hydrogen-bond acceptors (Lipinski definition) is 2. The van der Waals surface area contributed by atoms with Crippen LogP contribution in [-0.2, 0) is 10.2 Å². The Morgan fingerprint density at radius 1 is 1.38 bits per heavy atom. The van der Waals surface area contributed by atoms with Gasteiger partial charge >= 0.3 is 0 Å². The molecule has 4 nitrogen and oxygen atoms in total. The van der Waals surface area contributed by atoms with E-state index in [-0.39, 0.29) is 29.4 Å². The van der Waals surface area contributed by atoms with Crippen molar-refractivity contribution in [1.82, 2.24) is 10.6 Å². The Hall–Kier alpha value is -0.340. The highest BCUT2D eigenvalue weighted by atomic mass is 127. The van der Waals surface area contributed by atoms with Crippen molar-refractivity contribution in [1.29, 1.82) is 0 Å². The van der Waals surface area contributed by atoms with Crippen LogP contribution in [0.3, 0.4) is 0 Å². The SMILES string of the molecule is CN=C(NCC1(c2cccc(Br)c2)CC1)NC1CC2CCC1O2.I. The molecule has 24 heavy (non-hydrogen) atoms. The lowest BCUT2D eigenvalue weighted by molar-refractivity contribution is 0.0992. The molecule has 0 spiro atoms. The second kappa shape index (κ2) is 7.50. The Balaban J connectivity index is 0.00000169. The van der Waals surface area contributed by atoms with Gasteiger partial charge in [0.05, 0.1) is 18.2 Å². The molecule has 2 saturated heterocycles. The fourth-order valence-electron chi connectivity index (χ4n) is 3.95. The van der Waals surface area contributed by atoms with Crippen molar-refractivity contribution in [2.45, 2.75) is 55.8 Å². The maximum Gasteiger partial charge on any atom is 0.191 e. The third-order valence-corrected chi connectivity index (χ3v) is 6.03. The zero-order chi connectivity index (χ0) is 15.9. The number of guanidine groups is 1. The van der Waals surface area contributed by atoms with E-state index in [9.17, 15) is 0 Å². The van der Waals surface area contributed by atoms with E-state index in [1.165, 1.54) is 31.2 Å². The predicted octanol–water partition coefficient (Wildman–Crippen LogP) is 3.58. The summed E-state index contributed by atoms with van der Waals surface area (Å²) in [5.41, 5.74) is 1.69. The standard InChI is InChI=1S/C18H24BrN3O.HI/c1-20-17(22-15-10-14-5-6-16(15)23-14)21-11-18(7-8-18)12-3-2-4-13(19)9-12;/h2-4,9,14-16H,5-8,10-11H2,1H3,(H2,20,21,22);1H. The quantitative estimate of drug-likeness (QED) is 0.373. The van der Waals surface area contributed by atoms with E-state index in [0.29, 0.717) is 18.2 Å². The number of benzene rings is 1. The van der Waals surface area contributed by atoms with Crippen LogP contribution in [0.1, 0.15) is 37.7 Å². The number of ether oxygens (including phenoxy) is 1. The Bertz CT molecular complexity index is 620. The molecule has 3 atom stereocenters. The van der Waals surface area contributed by atoms with Gasteiger partial charge in [0.2, 0.25) is 0 Å². The molecule has 1 saturated carbocycles. The molecule has 0 aromatic heterocycles. The minimum atomic E-state index is 0. The van der Waals surface area contributed by atoms with Gasteiger partial charge < -0.3 is 15.4 Å². The summed E-state index contributed by atoms with van der Waals surface area (Å²) < 4.78 is 7.08. The average Bonchev–Trinajstić information content (AvgIpc) is 3.07. The second-order valence-corrected chi connectivity index (χ2v) is 7.99. The molecular weight excluding hydrogens is 481 g/mol.